The molecule has 18 heavy (non-hydrogen) atoms. The summed E-state index contributed by atoms with van der Waals surface area (Å²) in [5.41, 5.74) is 2.42. The standard InChI is InChI=1S/C15H21ClO2/c1-4-17-15-11(5-6-13-9-18-13)7-12(16)8-14(15)10(2)3/h7-8,10,13H,4-6,9H2,1-3H3. The van der Waals surface area contributed by atoms with Gasteiger partial charge in [0, 0.05) is 5.02 Å². The molecule has 1 unspecified atom stereocenters. The summed E-state index contributed by atoms with van der Waals surface area (Å²) in [6.07, 6.45) is 2.47. The summed E-state index contributed by atoms with van der Waals surface area (Å²) < 4.78 is 11.1. The second-order valence-electron chi connectivity index (χ2n) is 5.06. The third kappa shape index (κ3) is 3.39. The van der Waals surface area contributed by atoms with Crippen molar-refractivity contribution < 1.29 is 9.47 Å². The molecule has 100 valence electrons. The van der Waals surface area contributed by atoms with E-state index in [1.807, 2.05) is 19.1 Å². The molecule has 1 aromatic carbocycles. The van der Waals surface area contributed by atoms with Crippen LogP contribution in [0.15, 0.2) is 12.1 Å². The van der Waals surface area contributed by atoms with E-state index < -0.39 is 0 Å². The largest absolute Gasteiger partial charge is 0.493 e. The van der Waals surface area contributed by atoms with E-state index in [0.29, 0.717) is 18.6 Å². The molecule has 1 aliphatic rings. The molecule has 0 aromatic heterocycles. The van der Waals surface area contributed by atoms with Gasteiger partial charge in [0.1, 0.15) is 5.75 Å². The van der Waals surface area contributed by atoms with Crippen molar-refractivity contribution in [2.75, 3.05) is 13.2 Å². The van der Waals surface area contributed by atoms with Gasteiger partial charge < -0.3 is 9.47 Å². The van der Waals surface area contributed by atoms with Gasteiger partial charge in [0.15, 0.2) is 0 Å². The fourth-order valence-electron chi connectivity index (χ4n) is 2.16. The molecular formula is C15H21ClO2. The van der Waals surface area contributed by atoms with Crippen molar-refractivity contribution in [3.8, 4) is 5.75 Å². The molecule has 1 heterocycles. The molecule has 0 aliphatic carbocycles. The minimum atomic E-state index is 0.418. The fraction of sp³-hybridized carbons (Fsp3) is 0.600. The van der Waals surface area contributed by atoms with Crippen LogP contribution in [0.25, 0.3) is 0 Å². The SMILES string of the molecule is CCOc1c(CCC2CO2)cc(Cl)cc1C(C)C. The van der Waals surface area contributed by atoms with Crippen molar-refractivity contribution >= 4 is 11.6 Å². The van der Waals surface area contributed by atoms with E-state index in [-0.39, 0.29) is 0 Å². The van der Waals surface area contributed by atoms with Gasteiger partial charge in [-0.1, -0.05) is 25.4 Å². The quantitative estimate of drug-likeness (QED) is 0.722. The van der Waals surface area contributed by atoms with E-state index in [0.717, 1.165) is 30.2 Å². The van der Waals surface area contributed by atoms with Crippen LogP contribution < -0.4 is 4.74 Å². The molecule has 2 nitrogen and oxygen atoms in total. The van der Waals surface area contributed by atoms with Gasteiger partial charge in [-0.15, -0.1) is 0 Å². The topological polar surface area (TPSA) is 21.8 Å². The van der Waals surface area contributed by atoms with Gasteiger partial charge in [-0.05, 0) is 48.9 Å². The monoisotopic (exact) mass is 268 g/mol. The van der Waals surface area contributed by atoms with Crippen molar-refractivity contribution in [3.63, 3.8) is 0 Å². The van der Waals surface area contributed by atoms with Crippen LogP contribution in [0.2, 0.25) is 5.02 Å². The maximum Gasteiger partial charge on any atom is 0.126 e. The smallest absolute Gasteiger partial charge is 0.126 e. The summed E-state index contributed by atoms with van der Waals surface area (Å²) in [4.78, 5) is 0. The molecule has 2 rings (SSSR count). The minimum absolute atomic E-state index is 0.418. The number of halogens is 1. The molecule has 3 heteroatoms. The van der Waals surface area contributed by atoms with Gasteiger partial charge in [-0.2, -0.15) is 0 Å². The predicted octanol–water partition coefficient (Wildman–Crippen LogP) is 4.19. The number of hydrogen-bond donors (Lipinski definition) is 0. The van der Waals surface area contributed by atoms with Crippen LogP contribution in [-0.2, 0) is 11.2 Å². The van der Waals surface area contributed by atoms with Crippen molar-refractivity contribution in [2.45, 2.75) is 45.6 Å². The summed E-state index contributed by atoms with van der Waals surface area (Å²) >= 11 is 6.21. The lowest BCUT2D eigenvalue weighted by atomic mass is 9.96. The highest BCUT2D eigenvalue weighted by molar-refractivity contribution is 6.30. The highest BCUT2D eigenvalue weighted by atomic mass is 35.5. The number of benzene rings is 1. The van der Waals surface area contributed by atoms with Gasteiger partial charge >= 0.3 is 0 Å². The molecule has 1 aromatic rings. The molecule has 0 bridgehead atoms. The Kier molecular flexibility index (Phi) is 4.52. The number of rotatable bonds is 6. The zero-order chi connectivity index (χ0) is 13.1. The zero-order valence-corrected chi connectivity index (χ0v) is 12.1. The number of hydrogen-bond acceptors (Lipinski definition) is 2. The Morgan fingerprint density at radius 3 is 2.72 bits per heavy atom. The Morgan fingerprint density at radius 1 is 1.44 bits per heavy atom. The van der Waals surface area contributed by atoms with Gasteiger partial charge in [-0.3, -0.25) is 0 Å². The lowest BCUT2D eigenvalue weighted by Gasteiger charge is -2.18. The normalized spacial score (nSPS) is 18.2. The molecule has 1 atom stereocenters. The van der Waals surface area contributed by atoms with Gasteiger partial charge in [-0.25, -0.2) is 0 Å². The van der Waals surface area contributed by atoms with Crippen LogP contribution in [-0.4, -0.2) is 19.3 Å². The molecule has 0 saturated carbocycles. The van der Waals surface area contributed by atoms with E-state index in [4.69, 9.17) is 21.1 Å². The van der Waals surface area contributed by atoms with E-state index in [1.165, 1.54) is 11.1 Å². The first-order valence-corrected chi connectivity index (χ1v) is 7.06. The average Bonchev–Trinajstić information content (AvgIpc) is 3.12. The fourth-order valence-corrected chi connectivity index (χ4v) is 2.41. The molecule has 1 aliphatic heterocycles. The van der Waals surface area contributed by atoms with E-state index >= 15 is 0 Å². The average molecular weight is 269 g/mol. The Labute approximate surface area is 114 Å². The maximum absolute atomic E-state index is 6.21. The third-order valence-electron chi connectivity index (χ3n) is 3.21. The summed E-state index contributed by atoms with van der Waals surface area (Å²) in [5.74, 6) is 1.44. The van der Waals surface area contributed by atoms with Gasteiger partial charge in [0.25, 0.3) is 0 Å². The van der Waals surface area contributed by atoms with Crippen LogP contribution >= 0.6 is 11.6 Å². The molecule has 1 saturated heterocycles. The lowest BCUT2D eigenvalue weighted by molar-refractivity contribution is 0.330. The summed E-state index contributed by atoms with van der Waals surface area (Å²) in [6.45, 7) is 7.95. The molecule has 0 amide bonds. The van der Waals surface area contributed by atoms with E-state index in [1.54, 1.807) is 0 Å². The maximum atomic E-state index is 6.21. The van der Waals surface area contributed by atoms with Crippen LogP contribution in [0.5, 0.6) is 5.75 Å². The van der Waals surface area contributed by atoms with Crippen molar-refractivity contribution in [1.82, 2.24) is 0 Å². The van der Waals surface area contributed by atoms with Gasteiger partial charge in [0.2, 0.25) is 0 Å². The second-order valence-corrected chi connectivity index (χ2v) is 5.50. The minimum Gasteiger partial charge on any atom is -0.493 e. The van der Waals surface area contributed by atoms with Gasteiger partial charge in [0.05, 0.1) is 19.3 Å². The highest BCUT2D eigenvalue weighted by Crippen LogP contribution is 2.35. The van der Waals surface area contributed by atoms with Crippen LogP contribution in [0, 0.1) is 0 Å². The highest BCUT2D eigenvalue weighted by Gasteiger charge is 2.23. The Hall–Kier alpha value is -0.730. The van der Waals surface area contributed by atoms with Crippen LogP contribution in [0.4, 0.5) is 0 Å². The first kappa shape index (κ1) is 13.7. The summed E-state index contributed by atoms with van der Waals surface area (Å²) in [5, 5.41) is 0.800. The van der Waals surface area contributed by atoms with E-state index in [2.05, 4.69) is 13.8 Å². The molecule has 1 fully saturated rings. The number of ether oxygens (including phenoxy) is 2. The zero-order valence-electron chi connectivity index (χ0n) is 11.3. The first-order chi connectivity index (χ1) is 8.61. The lowest BCUT2D eigenvalue weighted by Crippen LogP contribution is -2.04. The molecule has 0 N–H and O–H groups in total. The third-order valence-corrected chi connectivity index (χ3v) is 3.43. The number of aryl methyl sites for hydroxylation is 1. The number of epoxide rings is 1. The van der Waals surface area contributed by atoms with Crippen molar-refractivity contribution in [1.29, 1.82) is 0 Å². The Balaban J connectivity index is 2.27. The Bertz CT molecular complexity index is 411. The predicted molar refractivity (Wildman–Crippen MR) is 74.8 cm³/mol. The molecule has 0 spiro atoms. The van der Waals surface area contributed by atoms with Crippen molar-refractivity contribution in [3.05, 3.63) is 28.3 Å². The second kappa shape index (κ2) is 5.94. The Morgan fingerprint density at radius 2 is 2.17 bits per heavy atom. The molecule has 0 radical (unpaired) electrons. The molecular weight excluding hydrogens is 248 g/mol. The van der Waals surface area contributed by atoms with E-state index in [9.17, 15) is 0 Å². The summed E-state index contributed by atoms with van der Waals surface area (Å²) in [7, 11) is 0. The summed E-state index contributed by atoms with van der Waals surface area (Å²) in [6, 6.07) is 4.05. The van der Waals surface area contributed by atoms with Crippen molar-refractivity contribution in [2.24, 2.45) is 0 Å². The van der Waals surface area contributed by atoms with Crippen LogP contribution in [0.1, 0.15) is 44.2 Å². The first-order valence-electron chi connectivity index (χ1n) is 6.68. The van der Waals surface area contributed by atoms with Crippen LogP contribution in [0.3, 0.4) is 0 Å².